The van der Waals surface area contributed by atoms with Gasteiger partial charge >= 0.3 is 0 Å². The number of hydrogen-bond acceptors (Lipinski definition) is 3. The molecule has 0 saturated heterocycles. The maximum atomic E-state index is 13.6. The van der Waals surface area contributed by atoms with Crippen LogP contribution in [0.15, 0.2) is 18.2 Å². The van der Waals surface area contributed by atoms with Crippen LogP contribution in [0.25, 0.3) is 0 Å². The lowest BCUT2D eigenvalue weighted by atomic mass is 10.1. The lowest BCUT2D eigenvalue weighted by molar-refractivity contribution is 0.257. The van der Waals surface area contributed by atoms with Gasteiger partial charge in [0.2, 0.25) is 0 Å². The number of anilines is 1. The van der Waals surface area contributed by atoms with Crippen molar-refractivity contribution >= 4 is 5.69 Å². The van der Waals surface area contributed by atoms with Crippen LogP contribution < -0.4 is 5.73 Å². The molecule has 0 radical (unpaired) electrons. The van der Waals surface area contributed by atoms with Gasteiger partial charge in [0.15, 0.2) is 0 Å². The van der Waals surface area contributed by atoms with E-state index in [0.29, 0.717) is 36.8 Å². The number of rotatable bonds is 5. The first-order valence-electron chi connectivity index (χ1n) is 5.85. The fourth-order valence-electron chi connectivity index (χ4n) is 1.93. The summed E-state index contributed by atoms with van der Waals surface area (Å²) in [7, 11) is 0. The minimum atomic E-state index is -0.257. The lowest BCUT2D eigenvalue weighted by Crippen LogP contribution is -2.27. The van der Waals surface area contributed by atoms with Crippen molar-refractivity contribution in [2.45, 2.75) is 31.8 Å². The van der Waals surface area contributed by atoms with Crippen molar-refractivity contribution in [2.24, 2.45) is 0 Å². The average Bonchev–Trinajstić information content (AvgIpc) is 3.11. The predicted molar refractivity (Wildman–Crippen MR) is 64.5 cm³/mol. The Morgan fingerprint density at radius 2 is 2.24 bits per heavy atom. The van der Waals surface area contributed by atoms with Crippen molar-refractivity contribution in [3.8, 4) is 6.07 Å². The van der Waals surface area contributed by atoms with E-state index in [1.165, 1.54) is 6.07 Å². The van der Waals surface area contributed by atoms with E-state index in [4.69, 9.17) is 11.0 Å². The van der Waals surface area contributed by atoms with Gasteiger partial charge in [-0.2, -0.15) is 5.26 Å². The van der Waals surface area contributed by atoms with Gasteiger partial charge in [-0.1, -0.05) is 6.07 Å². The first-order valence-corrected chi connectivity index (χ1v) is 5.85. The first kappa shape index (κ1) is 11.9. The van der Waals surface area contributed by atoms with Crippen LogP contribution >= 0.6 is 0 Å². The molecule has 0 atom stereocenters. The van der Waals surface area contributed by atoms with Gasteiger partial charge < -0.3 is 5.73 Å². The summed E-state index contributed by atoms with van der Waals surface area (Å²) < 4.78 is 13.6. The molecule has 2 N–H and O–H groups in total. The van der Waals surface area contributed by atoms with E-state index in [1.54, 1.807) is 12.1 Å². The summed E-state index contributed by atoms with van der Waals surface area (Å²) in [5, 5.41) is 8.61. The molecule has 1 aliphatic carbocycles. The fourth-order valence-corrected chi connectivity index (χ4v) is 1.93. The van der Waals surface area contributed by atoms with Gasteiger partial charge in [0, 0.05) is 36.8 Å². The van der Waals surface area contributed by atoms with Gasteiger partial charge in [-0.3, -0.25) is 4.90 Å². The van der Waals surface area contributed by atoms with Crippen LogP contribution in [0.5, 0.6) is 0 Å². The van der Waals surface area contributed by atoms with Gasteiger partial charge in [-0.25, -0.2) is 4.39 Å². The molecule has 90 valence electrons. The van der Waals surface area contributed by atoms with Crippen LogP contribution in [0.3, 0.4) is 0 Å². The summed E-state index contributed by atoms with van der Waals surface area (Å²) in [4.78, 5) is 2.18. The monoisotopic (exact) mass is 233 g/mol. The largest absolute Gasteiger partial charge is 0.399 e. The molecule has 0 amide bonds. The zero-order chi connectivity index (χ0) is 12.3. The molecular formula is C13H16FN3. The van der Waals surface area contributed by atoms with Crippen molar-refractivity contribution in [1.82, 2.24) is 4.90 Å². The summed E-state index contributed by atoms with van der Waals surface area (Å²) in [6.45, 7) is 1.28. The lowest BCUT2D eigenvalue weighted by Gasteiger charge is -2.21. The molecule has 1 aromatic carbocycles. The number of nitriles is 1. The number of benzene rings is 1. The van der Waals surface area contributed by atoms with Gasteiger partial charge in [-0.05, 0) is 25.0 Å². The fraction of sp³-hybridized carbons (Fsp3) is 0.462. The second-order valence-electron chi connectivity index (χ2n) is 4.46. The Balaban J connectivity index is 2.03. The summed E-state index contributed by atoms with van der Waals surface area (Å²) in [5.74, 6) is -0.257. The number of nitrogen functional groups attached to an aromatic ring is 1. The van der Waals surface area contributed by atoms with Crippen LogP contribution in [-0.4, -0.2) is 17.5 Å². The first-order chi connectivity index (χ1) is 8.20. The third-order valence-corrected chi connectivity index (χ3v) is 3.02. The molecule has 1 fully saturated rings. The summed E-state index contributed by atoms with van der Waals surface area (Å²) in [5.41, 5.74) is 6.62. The molecule has 4 heteroatoms. The van der Waals surface area contributed by atoms with Crippen molar-refractivity contribution in [3.05, 3.63) is 29.6 Å². The van der Waals surface area contributed by atoms with Crippen LogP contribution in [-0.2, 0) is 6.54 Å². The van der Waals surface area contributed by atoms with Crippen LogP contribution in [0.2, 0.25) is 0 Å². The maximum Gasteiger partial charge on any atom is 0.129 e. The molecule has 1 saturated carbocycles. The normalized spacial score (nSPS) is 14.9. The third-order valence-electron chi connectivity index (χ3n) is 3.02. The molecule has 17 heavy (non-hydrogen) atoms. The van der Waals surface area contributed by atoms with Gasteiger partial charge in [0.05, 0.1) is 6.07 Å². The molecule has 1 aromatic rings. The SMILES string of the molecule is N#CCCN(Cc1ccc(N)cc1F)C1CC1. The third kappa shape index (κ3) is 3.18. The molecular weight excluding hydrogens is 217 g/mol. The summed E-state index contributed by atoms with van der Waals surface area (Å²) in [6.07, 6.45) is 2.80. The van der Waals surface area contributed by atoms with Crippen LogP contribution in [0.1, 0.15) is 24.8 Å². The summed E-state index contributed by atoms with van der Waals surface area (Å²) >= 11 is 0. The molecule has 0 aliphatic heterocycles. The minimum absolute atomic E-state index is 0.257. The quantitative estimate of drug-likeness (QED) is 0.794. The Morgan fingerprint density at radius 3 is 2.82 bits per heavy atom. The van der Waals surface area contributed by atoms with E-state index in [-0.39, 0.29) is 5.82 Å². The van der Waals surface area contributed by atoms with E-state index in [1.807, 2.05) is 0 Å². The smallest absolute Gasteiger partial charge is 0.129 e. The Hall–Kier alpha value is -1.60. The van der Waals surface area contributed by atoms with Crippen molar-refractivity contribution in [1.29, 1.82) is 5.26 Å². The van der Waals surface area contributed by atoms with Gasteiger partial charge in [0.1, 0.15) is 5.82 Å². The van der Waals surface area contributed by atoms with Crippen LogP contribution in [0.4, 0.5) is 10.1 Å². The Kier molecular flexibility index (Phi) is 3.60. The van der Waals surface area contributed by atoms with E-state index in [0.717, 1.165) is 12.8 Å². The zero-order valence-electron chi connectivity index (χ0n) is 9.69. The van der Waals surface area contributed by atoms with E-state index in [2.05, 4.69) is 11.0 Å². The molecule has 2 rings (SSSR count). The highest BCUT2D eigenvalue weighted by Gasteiger charge is 2.28. The topological polar surface area (TPSA) is 53.0 Å². The average molecular weight is 233 g/mol. The molecule has 0 unspecified atom stereocenters. The van der Waals surface area contributed by atoms with Gasteiger partial charge in [0.25, 0.3) is 0 Å². The van der Waals surface area contributed by atoms with Crippen molar-refractivity contribution in [2.75, 3.05) is 12.3 Å². The van der Waals surface area contributed by atoms with Crippen molar-refractivity contribution in [3.63, 3.8) is 0 Å². The Morgan fingerprint density at radius 1 is 1.47 bits per heavy atom. The second-order valence-corrected chi connectivity index (χ2v) is 4.46. The molecule has 0 bridgehead atoms. The van der Waals surface area contributed by atoms with Crippen molar-refractivity contribution < 1.29 is 4.39 Å². The van der Waals surface area contributed by atoms with Gasteiger partial charge in [-0.15, -0.1) is 0 Å². The molecule has 0 aromatic heterocycles. The summed E-state index contributed by atoms with van der Waals surface area (Å²) in [6, 6.07) is 7.46. The highest BCUT2D eigenvalue weighted by molar-refractivity contribution is 5.40. The molecule has 0 heterocycles. The Bertz CT molecular complexity index is 435. The van der Waals surface area contributed by atoms with E-state index >= 15 is 0 Å². The van der Waals surface area contributed by atoms with E-state index < -0.39 is 0 Å². The minimum Gasteiger partial charge on any atom is -0.399 e. The predicted octanol–water partition coefficient (Wildman–Crippen LogP) is 2.29. The number of nitrogens with two attached hydrogens (primary N) is 1. The second kappa shape index (κ2) is 5.15. The number of hydrogen-bond donors (Lipinski definition) is 1. The highest BCUT2D eigenvalue weighted by atomic mass is 19.1. The molecule has 1 aliphatic rings. The van der Waals surface area contributed by atoms with E-state index in [9.17, 15) is 4.39 Å². The number of nitrogens with zero attached hydrogens (tertiary/aromatic N) is 2. The van der Waals surface area contributed by atoms with Crippen LogP contribution in [0, 0.1) is 17.1 Å². The highest BCUT2D eigenvalue weighted by Crippen LogP contribution is 2.29. The molecule has 3 nitrogen and oxygen atoms in total. The maximum absolute atomic E-state index is 13.6. The standard InChI is InChI=1S/C13H16FN3/c14-13-8-11(16)3-2-10(13)9-17(7-1-6-15)12-4-5-12/h2-3,8,12H,1,4-5,7,9,16H2. The zero-order valence-corrected chi connectivity index (χ0v) is 9.69. The Labute approximate surface area is 101 Å². The number of halogens is 1. The molecule has 0 spiro atoms.